The number of carbonyl (C=O) groups is 1. The largest absolute Gasteiger partial charge is 0.391 e. The van der Waals surface area contributed by atoms with Crippen LogP contribution < -0.4 is 5.32 Å². The zero-order valence-electron chi connectivity index (χ0n) is 11.2. The lowest BCUT2D eigenvalue weighted by molar-refractivity contribution is 0.117. The Balaban J connectivity index is 1.94. The van der Waals surface area contributed by atoms with Crippen LogP contribution in [0.3, 0.4) is 0 Å². The first kappa shape index (κ1) is 14.3. The van der Waals surface area contributed by atoms with Crippen LogP contribution in [0, 0.1) is 12.8 Å². The number of benzene rings is 1. The molecule has 2 amide bonds. The minimum absolute atomic E-state index is 0.194. The van der Waals surface area contributed by atoms with E-state index in [1.807, 2.05) is 25.1 Å². The Hall–Kier alpha value is -1.07. The summed E-state index contributed by atoms with van der Waals surface area (Å²) < 4.78 is 0.964. The lowest BCUT2D eigenvalue weighted by Crippen LogP contribution is -2.38. The maximum absolute atomic E-state index is 12.0. The van der Waals surface area contributed by atoms with Crippen molar-refractivity contribution in [3.05, 3.63) is 28.2 Å². The molecule has 1 aromatic rings. The number of rotatable bonds is 4. The molecule has 104 valence electrons. The maximum Gasteiger partial charge on any atom is 0.321 e. The second-order valence-corrected chi connectivity index (χ2v) is 5.98. The van der Waals surface area contributed by atoms with Gasteiger partial charge in [-0.2, -0.15) is 0 Å². The van der Waals surface area contributed by atoms with Gasteiger partial charge in [-0.25, -0.2) is 4.79 Å². The number of aliphatic hydroxyl groups excluding tert-OH is 1. The molecule has 0 spiro atoms. The summed E-state index contributed by atoms with van der Waals surface area (Å²) in [7, 11) is 1.70. The molecule has 4 nitrogen and oxygen atoms in total. The van der Waals surface area contributed by atoms with Crippen LogP contribution in [-0.2, 0) is 0 Å². The standard InChI is InChI=1S/C14H19BrN2O2/c1-9-11(15)4-3-5-12(9)16-14(19)17(2)8-13(18)10-6-7-10/h3-5,10,13,18H,6-8H2,1-2H3,(H,16,19). The number of halogens is 1. The van der Waals surface area contributed by atoms with Gasteiger partial charge in [0, 0.05) is 23.8 Å². The molecule has 1 aliphatic carbocycles. The zero-order chi connectivity index (χ0) is 14.0. The van der Waals surface area contributed by atoms with Gasteiger partial charge in [-0.1, -0.05) is 22.0 Å². The van der Waals surface area contributed by atoms with Gasteiger partial charge >= 0.3 is 6.03 Å². The van der Waals surface area contributed by atoms with E-state index < -0.39 is 6.10 Å². The molecular weight excluding hydrogens is 308 g/mol. The van der Waals surface area contributed by atoms with Crippen molar-refractivity contribution in [3.8, 4) is 0 Å². The Morgan fingerprint density at radius 2 is 2.26 bits per heavy atom. The molecule has 5 heteroatoms. The smallest absolute Gasteiger partial charge is 0.321 e. The number of nitrogens with one attached hydrogen (secondary N) is 1. The first-order valence-electron chi connectivity index (χ1n) is 6.44. The van der Waals surface area contributed by atoms with Crippen LogP contribution in [-0.4, -0.2) is 35.7 Å². The molecule has 0 aromatic heterocycles. The highest BCUT2D eigenvalue weighted by atomic mass is 79.9. The zero-order valence-corrected chi connectivity index (χ0v) is 12.8. The van der Waals surface area contributed by atoms with E-state index in [4.69, 9.17) is 0 Å². The normalized spacial score (nSPS) is 16.0. The molecule has 0 bridgehead atoms. The first-order chi connectivity index (χ1) is 8.99. The van der Waals surface area contributed by atoms with E-state index in [9.17, 15) is 9.90 Å². The number of nitrogens with zero attached hydrogens (tertiary/aromatic N) is 1. The molecule has 1 fully saturated rings. The van der Waals surface area contributed by atoms with Crippen LogP contribution in [0.1, 0.15) is 18.4 Å². The predicted octanol–water partition coefficient (Wildman–Crippen LogP) is 2.99. The quantitative estimate of drug-likeness (QED) is 0.893. The lowest BCUT2D eigenvalue weighted by atomic mass is 10.2. The third-order valence-electron chi connectivity index (χ3n) is 3.48. The van der Waals surface area contributed by atoms with E-state index in [0.29, 0.717) is 12.5 Å². The summed E-state index contributed by atoms with van der Waals surface area (Å²) in [6, 6.07) is 5.49. The Morgan fingerprint density at radius 1 is 1.58 bits per heavy atom. The monoisotopic (exact) mass is 326 g/mol. The van der Waals surface area contributed by atoms with E-state index in [0.717, 1.165) is 28.6 Å². The van der Waals surface area contributed by atoms with Crippen LogP contribution in [0.2, 0.25) is 0 Å². The molecule has 1 aliphatic rings. The number of hydrogen-bond donors (Lipinski definition) is 2. The summed E-state index contributed by atoms with van der Waals surface area (Å²) in [6.45, 7) is 2.32. The number of aliphatic hydroxyl groups is 1. The van der Waals surface area contributed by atoms with Crippen molar-refractivity contribution in [2.45, 2.75) is 25.9 Å². The molecule has 1 atom stereocenters. The molecule has 2 N–H and O–H groups in total. The second-order valence-electron chi connectivity index (χ2n) is 5.13. The fourth-order valence-corrected chi connectivity index (χ4v) is 2.31. The molecule has 0 radical (unpaired) electrons. The van der Waals surface area contributed by atoms with E-state index in [-0.39, 0.29) is 6.03 Å². The molecule has 0 heterocycles. The summed E-state index contributed by atoms with van der Waals surface area (Å²) in [5.41, 5.74) is 1.78. The van der Waals surface area contributed by atoms with Gasteiger partial charge in [0.15, 0.2) is 0 Å². The van der Waals surface area contributed by atoms with Gasteiger partial charge in [0.25, 0.3) is 0 Å². The number of likely N-dealkylation sites (N-methyl/N-ethyl adjacent to an activating group) is 1. The fourth-order valence-electron chi connectivity index (χ4n) is 1.95. The first-order valence-corrected chi connectivity index (χ1v) is 7.23. The van der Waals surface area contributed by atoms with Crippen molar-refractivity contribution >= 4 is 27.6 Å². The van der Waals surface area contributed by atoms with Crippen LogP contribution in [0.25, 0.3) is 0 Å². The van der Waals surface area contributed by atoms with Crippen molar-refractivity contribution in [2.75, 3.05) is 18.9 Å². The van der Waals surface area contributed by atoms with Gasteiger partial charge in [0.05, 0.1) is 6.10 Å². The van der Waals surface area contributed by atoms with Crippen molar-refractivity contribution < 1.29 is 9.90 Å². The predicted molar refractivity (Wildman–Crippen MR) is 79.3 cm³/mol. The maximum atomic E-state index is 12.0. The molecule has 0 saturated heterocycles. The highest BCUT2D eigenvalue weighted by molar-refractivity contribution is 9.10. The number of urea groups is 1. The summed E-state index contributed by atoms with van der Waals surface area (Å²) in [5, 5.41) is 12.7. The molecule has 2 rings (SSSR count). The van der Waals surface area contributed by atoms with Gasteiger partial charge in [-0.05, 0) is 43.4 Å². The fraction of sp³-hybridized carbons (Fsp3) is 0.500. The van der Waals surface area contributed by atoms with Crippen molar-refractivity contribution in [1.82, 2.24) is 4.90 Å². The van der Waals surface area contributed by atoms with E-state index in [1.54, 1.807) is 7.05 Å². The number of carbonyl (C=O) groups excluding carboxylic acids is 1. The van der Waals surface area contributed by atoms with Crippen LogP contribution >= 0.6 is 15.9 Å². The second kappa shape index (κ2) is 5.92. The highest BCUT2D eigenvalue weighted by Crippen LogP contribution is 2.32. The van der Waals surface area contributed by atoms with Crippen LogP contribution in [0.4, 0.5) is 10.5 Å². The van der Waals surface area contributed by atoms with Crippen LogP contribution in [0.15, 0.2) is 22.7 Å². The summed E-state index contributed by atoms with van der Waals surface area (Å²) >= 11 is 3.44. The van der Waals surface area contributed by atoms with E-state index in [2.05, 4.69) is 21.2 Å². The summed E-state index contributed by atoms with van der Waals surface area (Å²) in [6.07, 6.45) is 1.74. The van der Waals surface area contributed by atoms with Crippen molar-refractivity contribution in [2.24, 2.45) is 5.92 Å². The number of amides is 2. The molecule has 1 unspecified atom stereocenters. The van der Waals surface area contributed by atoms with Gasteiger partial charge in [-0.15, -0.1) is 0 Å². The van der Waals surface area contributed by atoms with Crippen molar-refractivity contribution in [1.29, 1.82) is 0 Å². The molecule has 1 aromatic carbocycles. The average molecular weight is 327 g/mol. The lowest BCUT2D eigenvalue weighted by Gasteiger charge is -2.21. The molecule has 1 saturated carbocycles. The van der Waals surface area contributed by atoms with Gasteiger partial charge < -0.3 is 15.3 Å². The van der Waals surface area contributed by atoms with Gasteiger partial charge in [-0.3, -0.25) is 0 Å². The summed E-state index contributed by atoms with van der Waals surface area (Å²) in [5.74, 6) is 0.378. The minimum Gasteiger partial charge on any atom is -0.391 e. The third kappa shape index (κ3) is 3.70. The van der Waals surface area contributed by atoms with Gasteiger partial charge in [0.1, 0.15) is 0 Å². The Bertz CT molecular complexity index is 475. The third-order valence-corrected chi connectivity index (χ3v) is 4.34. The SMILES string of the molecule is Cc1c(Br)cccc1NC(=O)N(C)CC(O)C1CC1. The van der Waals surface area contributed by atoms with E-state index in [1.165, 1.54) is 4.90 Å². The molecular formula is C14H19BrN2O2. The average Bonchev–Trinajstić information content (AvgIpc) is 3.18. The van der Waals surface area contributed by atoms with E-state index >= 15 is 0 Å². The number of anilines is 1. The Kier molecular flexibility index (Phi) is 4.47. The summed E-state index contributed by atoms with van der Waals surface area (Å²) in [4.78, 5) is 13.6. The van der Waals surface area contributed by atoms with Gasteiger partial charge in [0.2, 0.25) is 0 Å². The molecule has 19 heavy (non-hydrogen) atoms. The minimum atomic E-state index is -0.403. The topological polar surface area (TPSA) is 52.6 Å². The van der Waals surface area contributed by atoms with Crippen molar-refractivity contribution in [3.63, 3.8) is 0 Å². The Labute approximate surface area is 121 Å². The highest BCUT2D eigenvalue weighted by Gasteiger charge is 2.31. The van der Waals surface area contributed by atoms with Crippen LogP contribution in [0.5, 0.6) is 0 Å². The Morgan fingerprint density at radius 3 is 2.89 bits per heavy atom. The number of hydrogen-bond acceptors (Lipinski definition) is 2. The molecule has 0 aliphatic heterocycles.